The van der Waals surface area contributed by atoms with Gasteiger partial charge in [0.25, 0.3) is 0 Å². The minimum absolute atomic E-state index is 0.922. The first kappa shape index (κ1) is 11.5. The summed E-state index contributed by atoms with van der Waals surface area (Å²) in [5.74, 6) is 1.04. The van der Waals surface area contributed by atoms with Gasteiger partial charge in [-0.25, -0.2) is 4.98 Å². The van der Waals surface area contributed by atoms with Crippen LogP contribution in [0.3, 0.4) is 0 Å². The lowest BCUT2D eigenvalue weighted by Crippen LogP contribution is -2.13. The van der Waals surface area contributed by atoms with Gasteiger partial charge in [-0.2, -0.15) is 9.61 Å². The standard InChI is InChI=1S/C9H12N4.C2H6/c1-7-6-11-13-8(12(2)3)4-5-10-9(7)13;1-2/h4-6H,1-3H3;1-2H3. The first-order valence-electron chi connectivity index (χ1n) is 5.17. The van der Waals surface area contributed by atoms with Gasteiger partial charge in [-0.3, -0.25) is 0 Å². The van der Waals surface area contributed by atoms with E-state index < -0.39 is 0 Å². The van der Waals surface area contributed by atoms with Gasteiger partial charge in [0.1, 0.15) is 5.82 Å². The summed E-state index contributed by atoms with van der Waals surface area (Å²) in [6.45, 7) is 6.01. The average molecular weight is 206 g/mol. The Morgan fingerprint density at radius 1 is 1.27 bits per heavy atom. The maximum Gasteiger partial charge on any atom is 0.160 e. The van der Waals surface area contributed by atoms with Crippen molar-refractivity contribution in [1.82, 2.24) is 14.6 Å². The predicted molar refractivity (Wildman–Crippen MR) is 63.4 cm³/mol. The van der Waals surface area contributed by atoms with Crippen LogP contribution in [-0.4, -0.2) is 28.7 Å². The Bertz CT molecular complexity index is 431. The highest BCUT2D eigenvalue weighted by atomic mass is 15.3. The van der Waals surface area contributed by atoms with Crippen LogP contribution in [0.4, 0.5) is 5.82 Å². The molecule has 0 saturated heterocycles. The summed E-state index contributed by atoms with van der Waals surface area (Å²) in [7, 11) is 3.98. The Morgan fingerprint density at radius 3 is 2.53 bits per heavy atom. The largest absolute Gasteiger partial charge is 0.363 e. The fraction of sp³-hybridized carbons (Fsp3) is 0.455. The van der Waals surface area contributed by atoms with Gasteiger partial charge in [-0.15, -0.1) is 0 Å². The third-order valence-corrected chi connectivity index (χ3v) is 2.02. The third-order valence-electron chi connectivity index (χ3n) is 2.02. The molecule has 0 saturated carbocycles. The molecule has 15 heavy (non-hydrogen) atoms. The molecule has 2 aromatic rings. The molecular formula is C11H18N4. The molecule has 2 heterocycles. The van der Waals surface area contributed by atoms with Gasteiger partial charge in [0.15, 0.2) is 5.65 Å². The lowest BCUT2D eigenvalue weighted by atomic mass is 10.4. The lowest BCUT2D eigenvalue weighted by molar-refractivity contribution is 0.896. The summed E-state index contributed by atoms with van der Waals surface area (Å²) in [6.07, 6.45) is 3.63. The van der Waals surface area contributed by atoms with E-state index in [1.807, 2.05) is 56.5 Å². The van der Waals surface area contributed by atoms with Crippen molar-refractivity contribution in [2.45, 2.75) is 20.8 Å². The molecule has 4 nitrogen and oxygen atoms in total. The Kier molecular flexibility index (Phi) is 3.66. The van der Waals surface area contributed by atoms with E-state index in [2.05, 4.69) is 10.1 Å². The Labute approximate surface area is 90.5 Å². The van der Waals surface area contributed by atoms with Crippen molar-refractivity contribution < 1.29 is 0 Å². The third kappa shape index (κ3) is 2.09. The molecule has 2 aromatic heterocycles. The van der Waals surface area contributed by atoms with Crippen LogP contribution in [0.5, 0.6) is 0 Å². The molecule has 0 radical (unpaired) electrons. The summed E-state index contributed by atoms with van der Waals surface area (Å²) >= 11 is 0. The summed E-state index contributed by atoms with van der Waals surface area (Å²) in [4.78, 5) is 6.27. The van der Waals surface area contributed by atoms with E-state index in [-0.39, 0.29) is 0 Å². The second kappa shape index (κ2) is 4.77. The molecule has 4 heteroatoms. The van der Waals surface area contributed by atoms with Crippen molar-refractivity contribution in [2.24, 2.45) is 0 Å². The molecule has 0 unspecified atom stereocenters. The first-order chi connectivity index (χ1) is 7.20. The maximum absolute atomic E-state index is 4.26. The molecule has 0 N–H and O–H groups in total. The van der Waals surface area contributed by atoms with E-state index in [1.54, 1.807) is 6.20 Å². The first-order valence-corrected chi connectivity index (χ1v) is 5.17. The van der Waals surface area contributed by atoms with Crippen molar-refractivity contribution in [3.05, 3.63) is 24.0 Å². The van der Waals surface area contributed by atoms with Crippen LogP contribution in [-0.2, 0) is 0 Å². The molecule has 0 bridgehead atoms. The monoisotopic (exact) mass is 206 g/mol. The summed E-state index contributed by atoms with van der Waals surface area (Å²) in [6, 6.07) is 1.94. The molecule has 0 spiro atoms. The van der Waals surface area contributed by atoms with E-state index in [9.17, 15) is 0 Å². The molecule has 0 aromatic carbocycles. The molecule has 82 valence electrons. The molecule has 0 aliphatic heterocycles. The molecular weight excluding hydrogens is 188 g/mol. The van der Waals surface area contributed by atoms with E-state index in [0.717, 1.165) is 17.0 Å². The van der Waals surface area contributed by atoms with Crippen LogP contribution in [0, 0.1) is 6.92 Å². The van der Waals surface area contributed by atoms with Gasteiger partial charge < -0.3 is 4.90 Å². The zero-order valence-electron chi connectivity index (χ0n) is 10.0. The number of aryl methyl sites for hydroxylation is 1. The normalized spacial score (nSPS) is 9.67. The zero-order chi connectivity index (χ0) is 11.4. The highest BCUT2D eigenvalue weighted by Crippen LogP contribution is 2.13. The maximum atomic E-state index is 4.26. The average Bonchev–Trinajstić information content (AvgIpc) is 2.63. The van der Waals surface area contributed by atoms with Crippen LogP contribution in [0.25, 0.3) is 5.65 Å². The summed E-state index contributed by atoms with van der Waals surface area (Å²) < 4.78 is 1.84. The second-order valence-corrected chi connectivity index (χ2v) is 3.26. The number of hydrogen-bond donors (Lipinski definition) is 0. The molecule has 0 atom stereocenters. The van der Waals surface area contributed by atoms with E-state index >= 15 is 0 Å². The van der Waals surface area contributed by atoms with Crippen molar-refractivity contribution in [2.75, 3.05) is 19.0 Å². The SMILES string of the molecule is CC.Cc1cnn2c(N(C)C)ccnc12. The Balaban J connectivity index is 0.000000531. The quantitative estimate of drug-likeness (QED) is 0.716. The van der Waals surface area contributed by atoms with Crippen molar-refractivity contribution in [3.63, 3.8) is 0 Å². The van der Waals surface area contributed by atoms with Crippen LogP contribution >= 0.6 is 0 Å². The van der Waals surface area contributed by atoms with Crippen LogP contribution in [0.1, 0.15) is 19.4 Å². The number of aromatic nitrogens is 3. The van der Waals surface area contributed by atoms with E-state index in [0.29, 0.717) is 0 Å². The van der Waals surface area contributed by atoms with Crippen molar-refractivity contribution in [3.8, 4) is 0 Å². The lowest BCUT2D eigenvalue weighted by Gasteiger charge is -2.12. The van der Waals surface area contributed by atoms with Crippen LogP contribution < -0.4 is 4.90 Å². The summed E-state index contributed by atoms with van der Waals surface area (Å²) in [5, 5.41) is 4.25. The smallest absolute Gasteiger partial charge is 0.160 e. The molecule has 0 fully saturated rings. The van der Waals surface area contributed by atoms with E-state index in [4.69, 9.17) is 0 Å². The number of anilines is 1. The van der Waals surface area contributed by atoms with E-state index in [1.165, 1.54) is 0 Å². The molecule has 2 rings (SSSR count). The predicted octanol–water partition coefficient (Wildman–Crippen LogP) is 2.13. The number of rotatable bonds is 1. The summed E-state index contributed by atoms with van der Waals surface area (Å²) in [5.41, 5.74) is 2.02. The van der Waals surface area contributed by atoms with Crippen LogP contribution in [0.2, 0.25) is 0 Å². The van der Waals surface area contributed by atoms with Gasteiger partial charge in [0.2, 0.25) is 0 Å². The number of hydrogen-bond acceptors (Lipinski definition) is 3. The topological polar surface area (TPSA) is 33.4 Å². The fourth-order valence-electron chi connectivity index (χ4n) is 1.33. The molecule has 0 amide bonds. The second-order valence-electron chi connectivity index (χ2n) is 3.26. The van der Waals surface area contributed by atoms with Crippen LogP contribution in [0.15, 0.2) is 18.5 Å². The highest BCUT2D eigenvalue weighted by Gasteiger charge is 2.05. The Hall–Kier alpha value is -1.58. The van der Waals surface area contributed by atoms with Gasteiger partial charge in [-0.1, -0.05) is 13.8 Å². The number of fused-ring (bicyclic) bond motifs is 1. The fourth-order valence-corrected chi connectivity index (χ4v) is 1.33. The van der Waals surface area contributed by atoms with Crippen molar-refractivity contribution >= 4 is 11.5 Å². The van der Waals surface area contributed by atoms with Gasteiger partial charge >= 0.3 is 0 Å². The Morgan fingerprint density at radius 2 is 1.93 bits per heavy atom. The van der Waals surface area contributed by atoms with Gasteiger partial charge in [0, 0.05) is 25.9 Å². The number of nitrogens with zero attached hydrogens (tertiary/aromatic N) is 4. The molecule has 0 aliphatic carbocycles. The zero-order valence-corrected chi connectivity index (χ0v) is 10.0. The minimum Gasteiger partial charge on any atom is -0.363 e. The van der Waals surface area contributed by atoms with Crippen molar-refractivity contribution in [1.29, 1.82) is 0 Å². The van der Waals surface area contributed by atoms with Gasteiger partial charge in [0.05, 0.1) is 6.20 Å². The molecule has 0 aliphatic rings. The highest BCUT2D eigenvalue weighted by molar-refractivity contribution is 5.52. The minimum atomic E-state index is 0.922. The van der Waals surface area contributed by atoms with Gasteiger partial charge in [-0.05, 0) is 13.0 Å².